The Balaban J connectivity index is 3.04. The van der Waals surface area contributed by atoms with Crippen molar-refractivity contribution in [1.29, 1.82) is 0 Å². The summed E-state index contributed by atoms with van der Waals surface area (Å²) in [4.78, 5) is 13.4. The van der Waals surface area contributed by atoms with Gasteiger partial charge in [0.25, 0.3) is 5.91 Å². The van der Waals surface area contributed by atoms with Crippen molar-refractivity contribution in [3.63, 3.8) is 0 Å². The number of rotatable bonds is 4. The molecule has 0 aliphatic carbocycles. The fourth-order valence-corrected chi connectivity index (χ4v) is 1.87. The second-order valence-electron chi connectivity index (χ2n) is 5.72. The van der Waals surface area contributed by atoms with Gasteiger partial charge >= 0.3 is 6.18 Å². The minimum absolute atomic E-state index is 0.209. The van der Waals surface area contributed by atoms with Gasteiger partial charge in [-0.15, -0.1) is 0 Å². The van der Waals surface area contributed by atoms with Crippen LogP contribution in [0.3, 0.4) is 0 Å². The zero-order valence-corrected chi connectivity index (χ0v) is 12.1. The standard InChI is InChI=1S/C14H18F4N2O/c1-13(2,7-19)8-20(3)12(21)9-4-5-11(15)10(6-9)14(16,17)18/h4-6H,7-8,19H2,1-3H3. The van der Waals surface area contributed by atoms with Crippen LogP contribution in [0.1, 0.15) is 29.8 Å². The van der Waals surface area contributed by atoms with E-state index in [-0.39, 0.29) is 17.5 Å². The maximum atomic E-state index is 13.2. The predicted molar refractivity (Wildman–Crippen MR) is 71.2 cm³/mol. The van der Waals surface area contributed by atoms with Crippen LogP contribution in [-0.2, 0) is 6.18 Å². The Labute approximate surface area is 120 Å². The molecule has 0 heterocycles. The summed E-state index contributed by atoms with van der Waals surface area (Å²) in [6.45, 7) is 4.27. The largest absolute Gasteiger partial charge is 0.419 e. The molecule has 0 aliphatic rings. The number of amides is 1. The molecule has 0 bridgehead atoms. The fraction of sp³-hybridized carbons (Fsp3) is 0.500. The summed E-state index contributed by atoms with van der Waals surface area (Å²) >= 11 is 0. The molecule has 0 radical (unpaired) electrons. The molecule has 1 aromatic carbocycles. The highest BCUT2D eigenvalue weighted by molar-refractivity contribution is 5.94. The summed E-state index contributed by atoms with van der Waals surface area (Å²) in [5.74, 6) is -2.01. The van der Waals surface area contributed by atoms with E-state index in [0.717, 1.165) is 6.07 Å². The number of alkyl halides is 3. The van der Waals surface area contributed by atoms with Gasteiger partial charge in [0, 0.05) is 19.2 Å². The first kappa shape index (κ1) is 17.4. The number of hydrogen-bond donors (Lipinski definition) is 1. The third-order valence-corrected chi connectivity index (χ3v) is 3.08. The predicted octanol–water partition coefficient (Wildman–Crippen LogP) is 2.90. The second kappa shape index (κ2) is 6.01. The van der Waals surface area contributed by atoms with Gasteiger partial charge in [-0.3, -0.25) is 4.79 Å². The van der Waals surface area contributed by atoms with E-state index in [1.54, 1.807) is 0 Å². The van der Waals surface area contributed by atoms with Crippen molar-refractivity contribution in [2.45, 2.75) is 20.0 Å². The van der Waals surface area contributed by atoms with Crippen LogP contribution in [0.25, 0.3) is 0 Å². The number of hydrogen-bond acceptors (Lipinski definition) is 2. The van der Waals surface area contributed by atoms with E-state index in [0.29, 0.717) is 18.7 Å². The van der Waals surface area contributed by atoms with E-state index in [1.165, 1.54) is 11.9 Å². The first-order valence-corrected chi connectivity index (χ1v) is 6.30. The molecule has 0 unspecified atom stereocenters. The van der Waals surface area contributed by atoms with Gasteiger partial charge < -0.3 is 10.6 Å². The molecule has 0 aromatic heterocycles. The van der Waals surface area contributed by atoms with E-state index >= 15 is 0 Å². The minimum Gasteiger partial charge on any atom is -0.341 e. The molecular weight excluding hydrogens is 288 g/mol. The zero-order chi connectivity index (χ0) is 16.4. The molecule has 0 aliphatic heterocycles. The summed E-state index contributed by atoms with van der Waals surface area (Å²) in [6, 6.07) is 2.22. The summed E-state index contributed by atoms with van der Waals surface area (Å²) < 4.78 is 51.1. The Bertz CT molecular complexity index is 526. The van der Waals surface area contributed by atoms with Crippen molar-refractivity contribution in [2.24, 2.45) is 11.1 Å². The highest BCUT2D eigenvalue weighted by Crippen LogP contribution is 2.32. The van der Waals surface area contributed by atoms with Gasteiger partial charge in [0.05, 0.1) is 5.56 Å². The lowest BCUT2D eigenvalue weighted by Crippen LogP contribution is -2.39. The summed E-state index contributed by atoms with van der Waals surface area (Å²) in [7, 11) is 1.47. The van der Waals surface area contributed by atoms with Gasteiger partial charge in [0.2, 0.25) is 0 Å². The van der Waals surface area contributed by atoms with E-state index in [9.17, 15) is 22.4 Å². The Morgan fingerprint density at radius 2 is 1.86 bits per heavy atom. The second-order valence-corrected chi connectivity index (χ2v) is 5.72. The summed E-state index contributed by atoms with van der Waals surface area (Å²) in [5.41, 5.74) is 3.54. The van der Waals surface area contributed by atoms with Gasteiger partial charge in [0.15, 0.2) is 0 Å². The molecule has 21 heavy (non-hydrogen) atoms. The lowest BCUT2D eigenvalue weighted by Gasteiger charge is -2.29. The van der Waals surface area contributed by atoms with Gasteiger partial charge in [0.1, 0.15) is 5.82 Å². The van der Waals surface area contributed by atoms with Gasteiger partial charge in [-0.25, -0.2) is 4.39 Å². The van der Waals surface area contributed by atoms with Crippen LogP contribution in [0.15, 0.2) is 18.2 Å². The molecule has 118 valence electrons. The van der Waals surface area contributed by atoms with E-state index < -0.39 is 23.5 Å². The van der Waals surface area contributed by atoms with Crippen LogP contribution < -0.4 is 5.73 Å². The first-order valence-electron chi connectivity index (χ1n) is 6.30. The molecule has 0 saturated carbocycles. The Morgan fingerprint density at radius 1 is 1.29 bits per heavy atom. The lowest BCUT2D eigenvalue weighted by molar-refractivity contribution is -0.140. The van der Waals surface area contributed by atoms with Crippen molar-refractivity contribution in [2.75, 3.05) is 20.1 Å². The van der Waals surface area contributed by atoms with Crippen molar-refractivity contribution >= 4 is 5.91 Å². The lowest BCUT2D eigenvalue weighted by atomic mass is 9.93. The Hall–Kier alpha value is -1.63. The molecule has 7 heteroatoms. The Kier molecular flexibility index (Phi) is 4.99. The smallest absolute Gasteiger partial charge is 0.341 e. The molecule has 1 aromatic rings. The van der Waals surface area contributed by atoms with Crippen LogP contribution in [0.4, 0.5) is 17.6 Å². The van der Waals surface area contributed by atoms with Crippen LogP contribution in [0.5, 0.6) is 0 Å². The van der Waals surface area contributed by atoms with Gasteiger partial charge in [-0.2, -0.15) is 13.2 Å². The highest BCUT2D eigenvalue weighted by atomic mass is 19.4. The summed E-state index contributed by atoms with van der Waals surface area (Å²) in [6.07, 6.45) is -4.84. The number of nitrogens with two attached hydrogens (primary N) is 1. The quantitative estimate of drug-likeness (QED) is 0.869. The topological polar surface area (TPSA) is 46.3 Å². The molecule has 1 rings (SSSR count). The van der Waals surface area contributed by atoms with Crippen LogP contribution in [0, 0.1) is 11.2 Å². The average molecular weight is 306 g/mol. The molecular formula is C14H18F4N2O. The maximum Gasteiger partial charge on any atom is 0.419 e. The van der Waals surface area contributed by atoms with Gasteiger partial charge in [-0.1, -0.05) is 13.8 Å². The van der Waals surface area contributed by atoms with E-state index in [4.69, 9.17) is 5.73 Å². The van der Waals surface area contributed by atoms with E-state index in [1.807, 2.05) is 13.8 Å². The monoisotopic (exact) mass is 306 g/mol. The molecule has 0 spiro atoms. The Morgan fingerprint density at radius 3 is 2.33 bits per heavy atom. The normalized spacial score (nSPS) is 12.4. The summed E-state index contributed by atoms with van der Waals surface area (Å²) in [5, 5.41) is 0. The number of benzene rings is 1. The van der Waals surface area contributed by atoms with Crippen molar-refractivity contribution in [3.05, 3.63) is 35.1 Å². The first-order chi connectivity index (χ1) is 9.48. The number of carbonyl (C=O) groups excluding carboxylic acids is 1. The van der Waals surface area contributed by atoms with Crippen molar-refractivity contribution in [1.82, 2.24) is 4.90 Å². The third kappa shape index (κ3) is 4.42. The van der Waals surface area contributed by atoms with E-state index in [2.05, 4.69) is 0 Å². The SMILES string of the molecule is CN(CC(C)(C)CN)C(=O)c1ccc(F)c(C(F)(F)F)c1. The van der Waals surface area contributed by atoms with Crippen LogP contribution >= 0.6 is 0 Å². The molecule has 0 saturated heterocycles. The molecule has 1 amide bonds. The fourth-order valence-electron chi connectivity index (χ4n) is 1.87. The maximum absolute atomic E-state index is 13.2. The van der Waals surface area contributed by atoms with Crippen LogP contribution in [-0.4, -0.2) is 30.9 Å². The molecule has 3 nitrogen and oxygen atoms in total. The molecule has 0 fully saturated rings. The van der Waals surface area contributed by atoms with Crippen molar-refractivity contribution < 1.29 is 22.4 Å². The van der Waals surface area contributed by atoms with Crippen LogP contribution in [0.2, 0.25) is 0 Å². The molecule has 0 atom stereocenters. The molecule has 2 N–H and O–H groups in total. The number of carbonyl (C=O) groups is 1. The highest BCUT2D eigenvalue weighted by Gasteiger charge is 2.35. The van der Waals surface area contributed by atoms with Gasteiger partial charge in [-0.05, 0) is 30.2 Å². The minimum atomic E-state index is -4.84. The number of halogens is 4. The number of nitrogens with zero attached hydrogens (tertiary/aromatic N) is 1. The third-order valence-electron chi connectivity index (χ3n) is 3.08. The van der Waals surface area contributed by atoms with Crippen molar-refractivity contribution in [3.8, 4) is 0 Å². The zero-order valence-electron chi connectivity index (χ0n) is 12.1. The average Bonchev–Trinajstić information content (AvgIpc) is 2.36.